The molecule has 0 aromatic rings. The van der Waals surface area contributed by atoms with Gasteiger partial charge in [0.05, 0.1) is 19.8 Å². The maximum absolute atomic E-state index is 11.2. The van der Waals surface area contributed by atoms with E-state index in [1.54, 1.807) is 0 Å². The van der Waals surface area contributed by atoms with Crippen LogP contribution in [0, 0.1) is 0 Å². The smallest absolute Gasteiger partial charge is 0.283 e. The third-order valence-electron chi connectivity index (χ3n) is 1.31. The first kappa shape index (κ1) is 10.2. The van der Waals surface area contributed by atoms with Gasteiger partial charge in [-0.1, -0.05) is 13.3 Å². The number of rotatable bonds is 5. The molecule has 12 heavy (non-hydrogen) atoms. The normalized spacial score (nSPS) is 21.4. The quantitative estimate of drug-likeness (QED) is 0.291. The molecule has 1 aliphatic rings. The van der Waals surface area contributed by atoms with Gasteiger partial charge in [-0.25, -0.2) is 9.45 Å². The highest BCUT2D eigenvalue weighted by Crippen LogP contribution is 2.52. The first-order chi connectivity index (χ1) is 5.77. The van der Waals surface area contributed by atoms with Gasteiger partial charge in [0.1, 0.15) is 0 Å². The van der Waals surface area contributed by atoms with Gasteiger partial charge in [0, 0.05) is 0 Å². The lowest BCUT2D eigenvalue weighted by molar-refractivity contribution is -0.222. The minimum absolute atomic E-state index is 0.300. The van der Waals surface area contributed by atoms with E-state index in [1.807, 2.05) is 6.92 Å². The number of hydrogen-bond acceptors (Lipinski definition) is 5. The molecule has 0 N–H and O–H groups in total. The Bertz CT molecular complexity index is 161. The van der Waals surface area contributed by atoms with Gasteiger partial charge in [0.15, 0.2) is 0 Å². The highest BCUT2D eigenvalue weighted by molar-refractivity contribution is 7.48. The molecule has 0 bridgehead atoms. The summed E-state index contributed by atoms with van der Waals surface area (Å²) in [6.45, 7) is 3.03. The molecule has 1 saturated heterocycles. The Kier molecular flexibility index (Phi) is 4.18. The van der Waals surface area contributed by atoms with E-state index in [0.717, 1.165) is 12.8 Å². The minimum Gasteiger partial charge on any atom is -0.283 e. The first-order valence-electron chi connectivity index (χ1n) is 3.97. The van der Waals surface area contributed by atoms with Gasteiger partial charge in [-0.15, -0.1) is 4.67 Å². The predicted octanol–water partition coefficient (Wildman–Crippen LogP) is 1.89. The van der Waals surface area contributed by atoms with E-state index in [4.69, 9.17) is 9.05 Å². The average molecular weight is 196 g/mol. The van der Waals surface area contributed by atoms with Crippen LogP contribution in [0.15, 0.2) is 0 Å². The molecule has 0 aromatic heterocycles. The van der Waals surface area contributed by atoms with Crippen LogP contribution in [0.2, 0.25) is 0 Å². The lowest BCUT2D eigenvalue weighted by Gasteiger charge is -2.07. The van der Waals surface area contributed by atoms with Crippen LogP contribution >= 0.6 is 7.82 Å². The van der Waals surface area contributed by atoms with E-state index in [1.165, 1.54) is 0 Å². The lowest BCUT2D eigenvalue weighted by atomic mass is 10.4. The van der Waals surface area contributed by atoms with Gasteiger partial charge >= 0.3 is 7.82 Å². The van der Waals surface area contributed by atoms with Crippen LogP contribution in [-0.2, 0) is 23.2 Å². The predicted molar refractivity (Wildman–Crippen MR) is 41.5 cm³/mol. The molecule has 0 radical (unpaired) electrons. The summed E-state index contributed by atoms with van der Waals surface area (Å²) in [5.74, 6) is 0. The van der Waals surface area contributed by atoms with Crippen LogP contribution in [0.3, 0.4) is 0 Å². The summed E-state index contributed by atoms with van der Waals surface area (Å²) >= 11 is 0. The summed E-state index contributed by atoms with van der Waals surface area (Å²) < 4.78 is 25.1. The van der Waals surface area contributed by atoms with Crippen molar-refractivity contribution in [2.75, 3.05) is 19.8 Å². The Morgan fingerprint density at radius 2 is 2.08 bits per heavy atom. The molecule has 0 atom stereocenters. The third-order valence-corrected chi connectivity index (χ3v) is 2.59. The van der Waals surface area contributed by atoms with Gasteiger partial charge in [-0.2, -0.15) is 0 Å². The first-order valence-corrected chi connectivity index (χ1v) is 5.43. The van der Waals surface area contributed by atoms with Crippen molar-refractivity contribution in [2.45, 2.75) is 19.8 Å². The van der Waals surface area contributed by atoms with Crippen molar-refractivity contribution >= 4 is 7.82 Å². The second-order valence-corrected chi connectivity index (χ2v) is 3.92. The summed E-state index contributed by atoms with van der Waals surface area (Å²) in [7, 11) is -3.33. The van der Waals surface area contributed by atoms with E-state index in [9.17, 15) is 4.57 Å². The molecule has 0 aromatic carbocycles. The number of unbranched alkanes of at least 4 members (excludes halogenated alkanes) is 1. The minimum atomic E-state index is -3.33. The molecule has 1 aliphatic heterocycles. The second-order valence-electron chi connectivity index (χ2n) is 2.36. The average Bonchev–Trinajstić information content (AvgIpc) is 2.47. The topological polar surface area (TPSA) is 54.0 Å². The van der Waals surface area contributed by atoms with Crippen molar-refractivity contribution in [1.82, 2.24) is 0 Å². The number of phosphoric acid groups is 1. The molecule has 6 heteroatoms. The number of hydrogen-bond donors (Lipinski definition) is 0. The fourth-order valence-corrected chi connectivity index (χ4v) is 1.64. The molecule has 5 nitrogen and oxygen atoms in total. The maximum atomic E-state index is 11.2. The standard InChI is InChI=1S/C6H13O5P/c1-2-3-4-8-11-12(7)9-5-6-10-12/h2-6H2,1H3. The lowest BCUT2D eigenvalue weighted by Crippen LogP contribution is -1.95. The Hall–Kier alpha value is 0.0700. The summed E-state index contributed by atoms with van der Waals surface area (Å²) in [4.78, 5) is 4.65. The molecule has 72 valence electrons. The Labute approximate surface area is 71.5 Å². The monoisotopic (exact) mass is 196 g/mol. The SMILES string of the molecule is CCCCOOP1(=O)OCCO1. The fourth-order valence-electron chi connectivity index (χ4n) is 0.684. The Morgan fingerprint density at radius 3 is 2.67 bits per heavy atom. The zero-order valence-electron chi connectivity index (χ0n) is 7.02. The van der Waals surface area contributed by atoms with Crippen LogP contribution in [0.4, 0.5) is 0 Å². The summed E-state index contributed by atoms with van der Waals surface area (Å²) in [6, 6.07) is 0. The Balaban J connectivity index is 2.09. The maximum Gasteiger partial charge on any atom is 0.502 e. The summed E-state index contributed by atoms with van der Waals surface area (Å²) in [6.07, 6.45) is 1.86. The van der Waals surface area contributed by atoms with Gasteiger partial charge in [0.2, 0.25) is 0 Å². The zero-order chi connectivity index (χ0) is 8.86. The van der Waals surface area contributed by atoms with Crippen LogP contribution in [0.1, 0.15) is 19.8 Å². The molecule has 1 rings (SSSR count). The summed E-state index contributed by atoms with van der Waals surface area (Å²) in [5, 5.41) is 0. The van der Waals surface area contributed by atoms with Crippen LogP contribution in [0.5, 0.6) is 0 Å². The molecule has 1 heterocycles. The zero-order valence-corrected chi connectivity index (χ0v) is 7.92. The van der Waals surface area contributed by atoms with Crippen LogP contribution in [0.25, 0.3) is 0 Å². The molecular formula is C6H13O5P. The second kappa shape index (κ2) is 4.94. The van der Waals surface area contributed by atoms with Gasteiger partial charge in [0.25, 0.3) is 0 Å². The molecule has 0 aliphatic carbocycles. The molecular weight excluding hydrogens is 183 g/mol. The third kappa shape index (κ3) is 3.21. The van der Waals surface area contributed by atoms with Crippen molar-refractivity contribution in [3.05, 3.63) is 0 Å². The molecule has 1 fully saturated rings. The van der Waals surface area contributed by atoms with Gasteiger partial charge in [-0.05, 0) is 6.42 Å². The molecule has 0 saturated carbocycles. The van der Waals surface area contributed by atoms with Crippen LogP contribution in [-0.4, -0.2) is 19.8 Å². The largest absolute Gasteiger partial charge is 0.502 e. The van der Waals surface area contributed by atoms with Crippen molar-refractivity contribution < 1.29 is 23.2 Å². The van der Waals surface area contributed by atoms with Gasteiger partial charge in [-0.3, -0.25) is 9.05 Å². The highest BCUT2D eigenvalue weighted by atomic mass is 31.2. The fraction of sp³-hybridized carbons (Fsp3) is 1.00. The van der Waals surface area contributed by atoms with E-state index in [0.29, 0.717) is 19.8 Å². The summed E-state index contributed by atoms with van der Waals surface area (Å²) in [5.41, 5.74) is 0. The molecule has 0 amide bonds. The van der Waals surface area contributed by atoms with Crippen molar-refractivity contribution in [1.29, 1.82) is 0 Å². The van der Waals surface area contributed by atoms with E-state index >= 15 is 0 Å². The van der Waals surface area contributed by atoms with Crippen molar-refractivity contribution in [2.24, 2.45) is 0 Å². The highest BCUT2D eigenvalue weighted by Gasteiger charge is 2.33. The van der Waals surface area contributed by atoms with Crippen molar-refractivity contribution in [3.63, 3.8) is 0 Å². The van der Waals surface area contributed by atoms with E-state index in [2.05, 4.69) is 9.56 Å². The Morgan fingerprint density at radius 1 is 1.42 bits per heavy atom. The molecule has 0 spiro atoms. The van der Waals surface area contributed by atoms with Crippen molar-refractivity contribution in [3.8, 4) is 0 Å². The van der Waals surface area contributed by atoms with Gasteiger partial charge < -0.3 is 0 Å². The number of phosphoric ester groups is 1. The van der Waals surface area contributed by atoms with E-state index in [-0.39, 0.29) is 0 Å². The molecule has 0 unspecified atom stereocenters. The van der Waals surface area contributed by atoms with E-state index < -0.39 is 7.82 Å². The van der Waals surface area contributed by atoms with Crippen LogP contribution < -0.4 is 0 Å².